The summed E-state index contributed by atoms with van der Waals surface area (Å²) < 4.78 is 0. The van der Waals surface area contributed by atoms with Crippen LogP contribution in [0.1, 0.15) is 36.2 Å². The Bertz CT molecular complexity index is 778. The highest BCUT2D eigenvalue weighted by molar-refractivity contribution is 8.00. The molecule has 0 aliphatic heterocycles. The molecule has 24 heavy (non-hydrogen) atoms. The number of rotatable bonds is 5. The van der Waals surface area contributed by atoms with Crippen molar-refractivity contribution in [3.05, 3.63) is 52.7 Å². The van der Waals surface area contributed by atoms with Crippen molar-refractivity contribution in [2.75, 3.05) is 5.32 Å². The van der Waals surface area contributed by atoms with Crippen LogP contribution in [0.5, 0.6) is 0 Å². The molecule has 1 N–H and O–H groups in total. The van der Waals surface area contributed by atoms with Gasteiger partial charge in [0.05, 0.1) is 10.8 Å². The first kappa shape index (κ1) is 18.0. The molecule has 0 fully saturated rings. The minimum absolute atomic E-state index is 0.103. The lowest BCUT2D eigenvalue weighted by molar-refractivity contribution is -0.115. The van der Waals surface area contributed by atoms with Gasteiger partial charge in [0.1, 0.15) is 11.1 Å². The summed E-state index contributed by atoms with van der Waals surface area (Å²) in [6.07, 6.45) is 0.968. The molecule has 124 valence electrons. The fourth-order valence-electron chi connectivity index (χ4n) is 2.31. The van der Waals surface area contributed by atoms with Crippen molar-refractivity contribution in [3.8, 4) is 6.07 Å². The number of nitrogens with one attached hydrogen (secondary N) is 1. The van der Waals surface area contributed by atoms with E-state index in [4.69, 9.17) is 0 Å². The van der Waals surface area contributed by atoms with Crippen molar-refractivity contribution in [2.24, 2.45) is 0 Å². The SMILES string of the molecule is CCc1ccc(NC(=O)C(C)Sc2nc(C)cc(C)c2C#N)cc1. The molecule has 5 heteroatoms. The van der Waals surface area contributed by atoms with Crippen molar-refractivity contribution < 1.29 is 4.79 Å². The second-order valence-electron chi connectivity index (χ2n) is 5.67. The number of aromatic nitrogens is 1. The Kier molecular flexibility index (Phi) is 5.99. The molecular weight excluding hydrogens is 318 g/mol. The van der Waals surface area contributed by atoms with E-state index in [1.54, 1.807) is 0 Å². The molecule has 1 aromatic heterocycles. The Morgan fingerprint density at radius 2 is 2.00 bits per heavy atom. The van der Waals surface area contributed by atoms with Gasteiger partial charge in [-0.05, 0) is 56.5 Å². The smallest absolute Gasteiger partial charge is 0.237 e. The zero-order valence-corrected chi connectivity index (χ0v) is 15.2. The van der Waals surface area contributed by atoms with Gasteiger partial charge in [-0.25, -0.2) is 4.98 Å². The zero-order chi connectivity index (χ0) is 17.7. The number of hydrogen-bond acceptors (Lipinski definition) is 4. The summed E-state index contributed by atoms with van der Waals surface area (Å²) in [4.78, 5) is 16.8. The standard InChI is InChI=1S/C19H21N3OS/c1-5-15-6-8-16(9-7-15)22-18(23)14(4)24-19-17(11-20)12(2)10-13(3)21-19/h6-10,14H,5H2,1-4H3,(H,22,23). The lowest BCUT2D eigenvalue weighted by Crippen LogP contribution is -2.22. The maximum absolute atomic E-state index is 12.4. The van der Waals surface area contributed by atoms with Crippen molar-refractivity contribution in [2.45, 2.75) is 44.4 Å². The maximum atomic E-state index is 12.4. The largest absolute Gasteiger partial charge is 0.325 e. The first-order valence-electron chi connectivity index (χ1n) is 7.89. The molecule has 1 aromatic carbocycles. The van der Waals surface area contributed by atoms with E-state index < -0.39 is 0 Å². The van der Waals surface area contributed by atoms with Crippen LogP contribution in [0.25, 0.3) is 0 Å². The molecule has 0 radical (unpaired) electrons. The van der Waals surface area contributed by atoms with Crippen LogP contribution in [-0.2, 0) is 11.2 Å². The fraction of sp³-hybridized carbons (Fsp3) is 0.316. The van der Waals surface area contributed by atoms with Gasteiger partial charge in [-0.1, -0.05) is 30.8 Å². The second-order valence-corrected chi connectivity index (χ2v) is 7.00. The highest BCUT2D eigenvalue weighted by Gasteiger charge is 2.19. The predicted molar refractivity (Wildman–Crippen MR) is 98.2 cm³/mol. The third-order valence-electron chi connectivity index (χ3n) is 3.71. The van der Waals surface area contributed by atoms with Gasteiger partial charge in [0, 0.05) is 11.4 Å². The first-order valence-corrected chi connectivity index (χ1v) is 8.77. The molecule has 0 saturated carbocycles. The van der Waals surface area contributed by atoms with Crippen LogP contribution < -0.4 is 5.32 Å². The summed E-state index contributed by atoms with van der Waals surface area (Å²) in [5.41, 5.74) is 4.27. The van der Waals surface area contributed by atoms with Crippen LogP contribution in [0.4, 0.5) is 5.69 Å². The highest BCUT2D eigenvalue weighted by Crippen LogP contribution is 2.28. The fourth-order valence-corrected chi connectivity index (χ4v) is 3.33. The van der Waals surface area contributed by atoms with Gasteiger partial charge >= 0.3 is 0 Å². The highest BCUT2D eigenvalue weighted by atomic mass is 32.2. The van der Waals surface area contributed by atoms with E-state index in [1.807, 2.05) is 51.1 Å². The molecule has 1 atom stereocenters. The van der Waals surface area contributed by atoms with Crippen molar-refractivity contribution in [3.63, 3.8) is 0 Å². The van der Waals surface area contributed by atoms with Gasteiger partial charge in [-0.3, -0.25) is 4.79 Å². The molecule has 4 nitrogen and oxygen atoms in total. The number of aryl methyl sites for hydroxylation is 3. The summed E-state index contributed by atoms with van der Waals surface area (Å²) in [5.74, 6) is -0.103. The molecule has 0 saturated heterocycles. The monoisotopic (exact) mass is 339 g/mol. The number of thioether (sulfide) groups is 1. The lowest BCUT2D eigenvalue weighted by Gasteiger charge is -2.14. The van der Waals surface area contributed by atoms with Crippen LogP contribution in [0, 0.1) is 25.2 Å². The Balaban J connectivity index is 2.10. The Labute approximate surface area is 147 Å². The van der Waals surface area contributed by atoms with E-state index in [-0.39, 0.29) is 11.2 Å². The molecule has 1 heterocycles. The normalized spacial score (nSPS) is 11.6. The van der Waals surface area contributed by atoms with Crippen LogP contribution in [0.2, 0.25) is 0 Å². The number of nitrogens with zero attached hydrogens (tertiary/aromatic N) is 2. The number of anilines is 1. The zero-order valence-electron chi connectivity index (χ0n) is 14.4. The van der Waals surface area contributed by atoms with Crippen molar-refractivity contribution in [1.29, 1.82) is 5.26 Å². The molecule has 0 aliphatic rings. The summed E-state index contributed by atoms with van der Waals surface area (Å²) >= 11 is 1.31. The van der Waals surface area contributed by atoms with Crippen LogP contribution in [0.3, 0.4) is 0 Å². The number of carbonyl (C=O) groups is 1. The summed E-state index contributed by atoms with van der Waals surface area (Å²) in [6.45, 7) is 7.69. The molecule has 2 rings (SSSR count). The Morgan fingerprint density at radius 3 is 2.58 bits per heavy atom. The van der Waals surface area contributed by atoms with Crippen LogP contribution in [-0.4, -0.2) is 16.1 Å². The molecular formula is C19H21N3OS. The van der Waals surface area contributed by atoms with Crippen molar-refractivity contribution >= 4 is 23.4 Å². The van der Waals surface area contributed by atoms with Gasteiger partial charge in [0.15, 0.2) is 0 Å². The minimum atomic E-state index is -0.350. The van der Waals surface area contributed by atoms with Crippen LogP contribution in [0.15, 0.2) is 35.4 Å². The van der Waals surface area contributed by atoms with E-state index in [0.29, 0.717) is 10.6 Å². The number of benzene rings is 1. The topological polar surface area (TPSA) is 65.8 Å². The van der Waals surface area contributed by atoms with E-state index >= 15 is 0 Å². The average Bonchev–Trinajstić information content (AvgIpc) is 2.55. The number of nitriles is 1. The minimum Gasteiger partial charge on any atom is -0.325 e. The summed E-state index contributed by atoms with van der Waals surface area (Å²) in [5, 5.41) is 12.5. The Morgan fingerprint density at radius 1 is 1.33 bits per heavy atom. The maximum Gasteiger partial charge on any atom is 0.237 e. The van der Waals surface area contributed by atoms with Gasteiger partial charge in [-0.15, -0.1) is 0 Å². The van der Waals surface area contributed by atoms with Gasteiger partial charge in [0.25, 0.3) is 0 Å². The molecule has 1 amide bonds. The number of amides is 1. The van der Waals surface area contributed by atoms with E-state index in [0.717, 1.165) is 23.4 Å². The average molecular weight is 339 g/mol. The van der Waals surface area contributed by atoms with Gasteiger partial charge < -0.3 is 5.32 Å². The molecule has 0 aliphatic carbocycles. The van der Waals surface area contributed by atoms with Crippen molar-refractivity contribution in [1.82, 2.24) is 4.98 Å². The van der Waals surface area contributed by atoms with Gasteiger partial charge in [-0.2, -0.15) is 5.26 Å². The molecule has 2 aromatic rings. The number of hydrogen-bond donors (Lipinski definition) is 1. The van der Waals surface area contributed by atoms with Gasteiger partial charge in [0.2, 0.25) is 5.91 Å². The third-order valence-corrected chi connectivity index (χ3v) is 4.80. The van der Waals surface area contributed by atoms with E-state index in [2.05, 4.69) is 23.3 Å². The predicted octanol–water partition coefficient (Wildman–Crippen LogP) is 4.25. The number of carbonyl (C=O) groups excluding carboxylic acids is 1. The van der Waals surface area contributed by atoms with E-state index in [1.165, 1.54) is 17.3 Å². The quantitative estimate of drug-likeness (QED) is 0.827. The Hall–Kier alpha value is -2.32. The second kappa shape index (κ2) is 7.98. The summed E-state index contributed by atoms with van der Waals surface area (Å²) in [7, 11) is 0. The third kappa shape index (κ3) is 4.36. The van der Waals surface area contributed by atoms with Crippen LogP contribution >= 0.6 is 11.8 Å². The summed E-state index contributed by atoms with van der Waals surface area (Å²) in [6, 6.07) is 11.9. The van der Waals surface area contributed by atoms with E-state index in [9.17, 15) is 10.1 Å². The lowest BCUT2D eigenvalue weighted by atomic mass is 10.1. The first-order chi connectivity index (χ1) is 11.4. The molecule has 1 unspecified atom stereocenters. The molecule has 0 spiro atoms. The molecule has 0 bridgehead atoms. The number of pyridine rings is 1.